The molecule has 6 heteroatoms. The maximum atomic E-state index is 12.3. The third-order valence-electron chi connectivity index (χ3n) is 5.80. The first-order valence-corrected chi connectivity index (χ1v) is 9.37. The fourth-order valence-corrected chi connectivity index (χ4v) is 4.22. The predicted octanol–water partition coefficient (Wildman–Crippen LogP) is 1.39. The molecule has 138 valence electrons. The molecule has 0 atom stereocenters. The smallest absolute Gasteiger partial charge is 0.238 e. The number of morpholine rings is 1. The summed E-state index contributed by atoms with van der Waals surface area (Å²) in [5, 5.41) is 1.16. The lowest BCUT2D eigenvalue weighted by molar-refractivity contribution is -0.138. The molecule has 2 aromatic rings. The van der Waals surface area contributed by atoms with Crippen LogP contribution in [0.2, 0.25) is 0 Å². The first-order valence-electron chi connectivity index (χ1n) is 9.37. The van der Waals surface area contributed by atoms with Crippen molar-refractivity contribution in [2.45, 2.75) is 24.9 Å². The highest BCUT2D eigenvalue weighted by Gasteiger charge is 2.45. The number of nitrogens with two attached hydrogens (primary N) is 1. The summed E-state index contributed by atoms with van der Waals surface area (Å²) in [6.45, 7) is 5.45. The summed E-state index contributed by atoms with van der Waals surface area (Å²) < 4.78 is 5.44. The fourth-order valence-electron chi connectivity index (χ4n) is 4.22. The van der Waals surface area contributed by atoms with Crippen molar-refractivity contribution in [3.8, 4) is 0 Å². The van der Waals surface area contributed by atoms with Gasteiger partial charge in [-0.3, -0.25) is 19.6 Å². The highest BCUT2D eigenvalue weighted by Crippen LogP contribution is 2.30. The number of likely N-dealkylation sites (tertiary alicyclic amines) is 1. The molecule has 0 saturated carbocycles. The second-order valence-corrected chi connectivity index (χ2v) is 7.27. The summed E-state index contributed by atoms with van der Waals surface area (Å²) in [5.41, 5.74) is 7.42. The summed E-state index contributed by atoms with van der Waals surface area (Å²) in [7, 11) is 0. The number of benzene rings is 1. The van der Waals surface area contributed by atoms with Crippen molar-refractivity contribution < 1.29 is 9.53 Å². The molecule has 2 fully saturated rings. The van der Waals surface area contributed by atoms with Gasteiger partial charge in [-0.25, -0.2) is 0 Å². The van der Waals surface area contributed by atoms with Crippen LogP contribution in [0.25, 0.3) is 10.9 Å². The number of piperidine rings is 1. The van der Waals surface area contributed by atoms with E-state index >= 15 is 0 Å². The zero-order valence-electron chi connectivity index (χ0n) is 15.1. The Morgan fingerprint density at radius 3 is 2.54 bits per heavy atom. The van der Waals surface area contributed by atoms with Crippen molar-refractivity contribution >= 4 is 16.8 Å². The monoisotopic (exact) mass is 354 g/mol. The van der Waals surface area contributed by atoms with E-state index in [2.05, 4.69) is 28.0 Å². The van der Waals surface area contributed by atoms with Gasteiger partial charge in [-0.1, -0.05) is 24.3 Å². The normalized spacial score (nSPS) is 21.7. The molecular formula is C20H26N4O2. The average molecular weight is 354 g/mol. The number of hydrogen-bond donors (Lipinski definition) is 1. The minimum atomic E-state index is -0.517. The number of nitrogens with zero attached hydrogens (tertiary/aromatic N) is 3. The number of amides is 1. The molecule has 2 aliphatic rings. The van der Waals surface area contributed by atoms with Gasteiger partial charge in [0.25, 0.3) is 0 Å². The molecule has 2 aliphatic heterocycles. The Morgan fingerprint density at radius 2 is 1.81 bits per heavy atom. The van der Waals surface area contributed by atoms with Gasteiger partial charge < -0.3 is 10.5 Å². The number of para-hydroxylation sites is 1. The van der Waals surface area contributed by atoms with E-state index in [4.69, 9.17) is 15.5 Å². The number of primary amides is 1. The number of carbonyl (C=O) groups excluding carboxylic acids is 1. The van der Waals surface area contributed by atoms with E-state index in [0.29, 0.717) is 13.2 Å². The molecule has 26 heavy (non-hydrogen) atoms. The topological polar surface area (TPSA) is 71.7 Å². The van der Waals surface area contributed by atoms with Crippen LogP contribution in [0.3, 0.4) is 0 Å². The second kappa shape index (κ2) is 7.31. The molecule has 0 radical (unpaired) electrons. The van der Waals surface area contributed by atoms with Crippen LogP contribution in [-0.2, 0) is 16.1 Å². The van der Waals surface area contributed by atoms with E-state index in [1.165, 1.54) is 0 Å². The quantitative estimate of drug-likeness (QED) is 0.898. The number of aromatic nitrogens is 1. The number of pyridine rings is 1. The van der Waals surface area contributed by atoms with Crippen molar-refractivity contribution in [2.75, 3.05) is 39.4 Å². The molecule has 2 saturated heterocycles. The number of hydrogen-bond acceptors (Lipinski definition) is 5. The third-order valence-corrected chi connectivity index (χ3v) is 5.80. The van der Waals surface area contributed by atoms with E-state index in [1.807, 2.05) is 18.2 Å². The fraction of sp³-hybridized carbons (Fsp3) is 0.500. The molecule has 6 nitrogen and oxygen atoms in total. The summed E-state index contributed by atoms with van der Waals surface area (Å²) in [4.78, 5) is 21.7. The lowest BCUT2D eigenvalue weighted by Crippen LogP contribution is -2.64. The van der Waals surface area contributed by atoms with Gasteiger partial charge in [0.2, 0.25) is 5.91 Å². The Morgan fingerprint density at radius 1 is 1.08 bits per heavy atom. The van der Waals surface area contributed by atoms with Gasteiger partial charge in [0.05, 0.1) is 24.4 Å². The summed E-state index contributed by atoms with van der Waals surface area (Å²) in [5.74, 6) is -0.192. The minimum Gasteiger partial charge on any atom is -0.379 e. The molecule has 0 unspecified atom stereocenters. The molecule has 1 aromatic heterocycles. The molecule has 1 aromatic carbocycles. The predicted molar refractivity (Wildman–Crippen MR) is 101 cm³/mol. The highest BCUT2D eigenvalue weighted by atomic mass is 16.5. The van der Waals surface area contributed by atoms with Gasteiger partial charge in [-0.05, 0) is 25.0 Å². The summed E-state index contributed by atoms with van der Waals surface area (Å²) in [6, 6.07) is 12.4. The van der Waals surface area contributed by atoms with Gasteiger partial charge in [-0.2, -0.15) is 0 Å². The zero-order valence-corrected chi connectivity index (χ0v) is 15.1. The molecule has 1 amide bonds. The number of ether oxygens (including phenoxy) is 1. The lowest BCUT2D eigenvalue weighted by Gasteiger charge is -2.47. The second-order valence-electron chi connectivity index (χ2n) is 7.27. The third kappa shape index (κ3) is 3.32. The Labute approximate surface area is 153 Å². The number of fused-ring (bicyclic) bond motifs is 1. The van der Waals surface area contributed by atoms with Crippen LogP contribution in [0, 0.1) is 0 Å². The highest BCUT2D eigenvalue weighted by molar-refractivity contribution is 5.85. The van der Waals surface area contributed by atoms with E-state index < -0.39 is 5.54 Å². The molecule has 0 bridgehead atoms. The molecular weight excluding hydrogens is 328 g/mol. The summed E-state index contributed by atoms with van der Waals surface area (Å²) >= 11 is 0. The largest absolute Gasteiger partial charge is 0.379 e. The van der Waals surface area contributed by atoms with Crippen molar-refractivity contribution in [1.29, 1.82) is 0 Å². The lowest BCUT2D eigenvalue weighted by atomic mass is 9.84. The van der Waals surface area contributed by atoms with Crippen LogP contribution in [-0.4, -0.2) is 65.6 Å². The van der Waals surface area contributed by atoms with E-state index in [0.717, 1.165) is 62.2 Å². The van der Waals surface area contributed by atoms with Gasteiger partial charge in [0.15, 0.2) is 0 Å². The maximum Gasteiger partial charge on any atom is 0.238 e. The van der Waals surface area contributed by atoms with Gasteiger partial charge in [0, 0.05) is 38.1 Å². The van der Waals surface area contributed by atoms with Crippen LogP contribution in [0.1, 0.15) is 18.5 Å². The van der Waals surface area contributed by atoms with Crippen molar-refractivity contribution in [3.05, 3.63) is 42.1 Å². The molecule has 0 aliphatic carbocycles. The molecule has 2 N–H and O–H groups in total. The zero-order chi connectivity index (χ0) is 18.0. The number of rotatable bonds is 4. The van der Waals surface area contributed by atoms with E-state index in [-0.39, 0.29) is 5.91 Å². The van der Waals surface area contributed by atoms with Gasteiger partial charge in [0.1, 0.15) is 5.54 Å². The molecule has 4 rings (SSSR count). The van der Waals surface area contributed by atoms with Gasteiger partial charge in [-0.15, -0.1) is 0 Å². The van der Waals surface area contributed by atoms with Gasteiger partial charge >= 0.3 is 0 Å². The van der Waals surface area contributed by atoms with Crippen molar-refractivity contribution in [3.63, 3.8) is 0 Å². The summed E-state index contributed by atoms with van der Waals surface area (Å²) in [6.07, 6.45) is 1.55. The SMILES string of the molecule is NC(=O)C1(N2CCOCC2)CCN(Cc2ccc3ccccc3n2)CC1. The first kappa shape index (κ1) is 17.4. The Kier molecular flexibility index (Phi) is 4.89. The van der Waals surface area contributed by atoms with Crippen LogP contribution >= 0.6 is 0 Å². The van der Waals surface area contributed by atoms with Crippen molar-refractivity contribution in [1.82, 2.24) is 14.8 Å². The minimum absolute atomic E-state index is 0.192. The Balaban J connectivity index is 1.43. The van der Waals surface area contributed by atoms with Crippen LogP contribution in [0.5, 0.6) is 0 Å². The van der Waals surface area contributed by atoms with Crippen molar-refractivity contribution in [2.24, 2.45) is 5.73 Å². The van der Waals surface area contributed by atoms with E-state index in [9.17, 15) is 4.79 Å². The maximum absolute atomic E-state index is 12.3. The first-order chi connectivity index (χ1) is 12.7. The van der Waals surface area contributed by atoms with E-state index in [1.54, 1.807) is 0 Å². The van der Waals surface area contributed by atoms with Crippen LogP contribution in [0.15, 0.2) is 36.4 Å². The standard InChI is InChI=1S/C20H26N4O2/c21-19(25)20(24-11-13-26-14-12-24)7-9-23(10-8-20)15-17-6-5-16-3-1-2-4-18(16)22-17/h1-6H,7-15H2,(H2,21,25). The molecule has 3 heterocycles. The Hall–Kier alpha value is -2.02. The van der Waals surface area contributed by atoms with Crippen LogP contribution < -0.4 is 5.73 Å². The average Bonchev–Trinajstić information content (AvgIpc) is 2.69. The number of carbonyl (C=O) groups is 1. The van der Waals surface area contributed by atoms with Crippen LogP contribution in [0.4, 0.5) is 0 Å². The Bertz CT molecular complexity index is 780. The molecule has 0 spiro atoms.